The molecule has 2 aromatic rings. The fraction of sp³-hybridized carbons (Fsp3) is 0.471. The Labute approximate surface area is 164 Å². The van der Waals surface area contributed by atoms with Gasteiger partial charge >= 0.3 is 6.03 Å². The Balaban J connectivity index is 0.00000225. The van der Waals surface area contributed by atoms with Crippen molar-refractivity contribution in [2.24, 2.45) is 7.05 Å². The lowest BCUT2D eigenvalue weighted by Crippen LogP contribution is -2.49. The maximum Gasteiger partial charge on any atom is 0.329 e. The van der Waals surface area contributed by atoms with Crippen molar-refractivity contribution in [2.75, 3.05) is 24.5 Å². The summed E-state index contributed by atoms with van der Waals surface area (Å²) >= 11 is 0. The van der Waals surface area contributed by atoms with E-state index in [0.717, 1.165) is 6.07 Å². The van der Waals surface area contributed by atoms with Crippen LogP contribution in [0.4, 0.5) is 23.8 Å². The Kier molecular flexibility index (Phi) is 5.28. The highest BCUT2D eigenvalue weighted by Crippen LogP contribution is 2.41. The Morgan fingerprint density at radius 2 is 2.04 bits per heavy atom. The van der Waals surface area contributed by atoms with Gasteiger partial charge in [0.2, 0.25) is 5.91 Å². The van der Waals surface area contributed by atoms with E-state index in [4.69, 9.17) is 0 Å². The number of alkyl halides is 2. The topological polar surface area (TPSA) is 79.3 Å². The second-order valence-electron chi connectivity index (χ2n) is 6.87. The molecule has 0 aliphatic carbocycles. The van der Waals surface area contributed by atoms with E-state index < -0.39 is 36.1 Å². The number of benzene rings is 1. The number of aryl methyl sites for hydroxylation is 1. The number of fused-ring (bicyclic) bond motifs is 1. The molecule has 3 heterocycles. The first-order valence-corrected chi connectivity index (χ1v) is 8.64. The maximum absolute atomic E-state index is 14.8. The van der Waals surface area contributed by atoms with Gasteiger partial charge < -0.3 is 5.32 Å². The number of hydrogen-bond donors (Lipinski definition) is 2. The highest BCUT2D eigenvalue weighted by molar-refractivity contribution is 6.08. The lowest BCUT2D eigenvalue weighted by Gasteiger charge is -2.32. The predicted molar refractivity (Wildman–Crippen MR) is 98.6 cm³/mol. The quantitative estimate of drug-likeness (QED) is 0.785. The molecular formula is C17H19ClF3N5O2. The summed E-state index contributed by atoms with van der Waals surface area (Å²) in [5.41, 5.74) is 0.391. The van der Waals surface area contributed by atoms with E-state index in [9.17, 15) is 22.8 Å². The zero-order valence-electron chi connectivity index (χ0n) is 15.0. The van der Waals surface area contributed by atoms with Crippen molar-refractivity contribution in [3.05, 3.63) is 23.5 Å². The SMILES string of the molecule is Cl.Cn1nc(N2CCC(=O)NC2=O)c2cc(F)c(C3CCNCC3(F)F)cc21. The number of carbonyl (C=O) groups excluding carboxylic acids is 2. The van der Waals surface area contributed by atoms with Crippen molar-refractivity contribution in [3.8, 4) is 0 Å². The first kappa shape index (κ1) is 20.4. The number of nitrogens with zero attached hydrogens (tertiary/aromatic N) is 3. The fourth-order valence-corrected chi connectivity index (χ4v) is 3.73. The van der Waals surface area contributed by atoms with E-state index in [-0.39, 0.29) is 43.2 Å². The lowest BCUT2D eigenvalue weighted by molar-refractivity contribution is -0.120. The summed E-state index contributed by atoms with van der Waals surface area (Å²) in [4.78, 5) is 24.7. The van der Waals surface area contributed by atoms with Crippen molar-refractivity contribution in [1.29, 1.82) is 0 Å². The molecule has 2 saturated heterocycles. The summed E-state index contributed by atoms with van der Waals surface area (Å²) in [5, 5.41) is 9.41. The van der Waals surface area contributed by atoms with Crippen molar-refractivity contribution in [3.63, 3.8) is 0 Å². The zero-order valence-corrected chi connectivity index (χ0v) is 15.8. The number of rotatable bonds is 2. The van der Waals surface area contributed by atoms with E-state index in [1.165, 1.54) is 15.6 Å². The van der Waals surface area contributed by atoms with Crippen LogP contribution in [0.1, 0.15) is 24.3 Å². The second kappa shape index (κ2) is 7.25. The molecule has 1 atom stereocenters. The lowest BCUT2D eigenvalue weighted by atomic mass is 9.86. The van der Waals surface area contributed by atoms with E-state index >= 15 is 0 Å². The summed E-state index contributed by atoms with van der Waals surface area (Å²) in [7, 11) is 1.60. The average molecular weight is 418 g/mol. The number of carbonyl (C=O) groups is 2. The van der Waals surface area contributed by atoms with Gasteiger partial charge in [-0.25, -0.2) is 18.0 Å². The van der Waals surface area contributed by atoms with Crippen molar-refractivity contribution >= 4 is 41.1 Å². The van der Waals surface area contributed by atoms with Crippen LogP contribution in [-0.2, 0) is 11.8 Å². The van der Waals surface area contributed by atoms with Gasteiger partial charge in [0.1, 0.15) is 5.82 Å². The number of nitrogens with one attached hydrogen (secondary N) is 2. The van der Waals surface area contributed by atoms with Crippen LogP contribution in [0.2, 0.25) is 0 Å². The Bertz CT molecular complexity index is 949. The van der Waals surface area contributed by atoms with Crippen LogP contribution in [0.15, 0.2) is 12.1 Å². The molecule has 2 N–H and O–H groups in total. The smallest absolute Gasteiger partial charge is 0.311 e. The summed E-state index contributed by atoms with van der Waals surface area (Å²) in [5.74, 6) is -5.23. The number of anilines is 1. The molecular weight excluding hydrogens is 399 g/mol. The monoisotopic (exact) mass is 417 g/mol. The first-order valence-electron chi connectivity index (χ1n) is 8.64. The minimum Gasteiger partial charge on any atom is -0.311 e. The van der Waals surface area contributed by atoms with Crippen LogP contribution < -0.4 is 15.5 Å². The largest absolute Gasteiger partial charge is 0.329 e. The highest BCUT2D eigenvalue weighted by Gasteiger charge is 2.44. The van der Waals surface area contributed by atoms with Gasteiger partial charge in [0.15, 0.2) is 5.82 Å². The number of hydrogen-bond acceptors (Lipinski definition) is 4. The molecule has 2 aliphatic rings. The van der Waals surface area contributed by atoms with Gasteiger partial charge in [-0.2, -0.15) is 5.10 Å². The van der Waals surface area contributed by atoms with Crippen LogP contribution in [-0.4, -0.2) is 47.3 Å². The molecule has 0 saturated carbocycles. The molecule has 1 aromatic carbocycles. The molecule has 2 aliphatic heterocycles. The number of aromatic nitrogens is 2. The molecule has 152 valence electrons. The van der Waals surface area contributed by atoms with Crippen LogP contribution >= 0.6 is 12.4 Å². The van der Waals surface area contributed by atoms with Crippen LogP contribution in [0, 0.1) is 5.82 Å². The van der Waals surface area contributed by atoms with E-state index in [2.05, 4.69) is 15.7 Å². The third-order valence-corrected chi connectivity index (χ3v) is 5.11. The number of imide groups is 1. The fourth-order valence-electron chi connectivity index (χ4n) is 3.73. The van der Waals surface area contributed by atoms with Gasteiger partial charge in [-0.15, -0.1) is 12.4 Å². The maximum atomic E-state index is 14.8. The van der Waals surface area contributed by atoms with E-state index in [1.54, 1.807) is 7.05 Å². The number of urea groups is 1. The molecule has 1 unspecified atom stereocenters. The van der Waals surface area contributed by atoms with Crippen LogP contribution in [0.5, 0.6) is 0 Å². The summed E-state index contributed by atoms with van der Waals surface area (Å²) < 4.78 is 44.8. The molecule has 11 heteroatoms. The van der Waals surface area contributed by atoms with Crippen molar-refractivity contribution in [1.82, 2.24) is 20.4 Å². The zero-order chi connectivity index (χ0) is 19.3. The number of piperidine rings is 1. The predicted octanol–water partition coefficient (Wildman–Crippen LogP) is 2.29. The average Bonchev–Trinajstić information content (AvgIpc) is 2.90. The molecule has 7 nitrogen and oxygen atoms in total. The third kappa shape index (κ3) is 3.30. The van der Waals surface area contributed by atoms with Crippen LogP contribution in [0.3, 0.4) is 0 Å². The van der Waals surface area contributed by atoms with Gasteiger partial charge in [0.25, 0.3) is 5.92 Å². The van der Waals surface area contributed by atoms with Crippen LogP contribution in [0.25, 0.3) is 10.9 Å². The van der Waals surface area contributed by atoms with Gasteiger partial charge in [-0.05, 0) is 30.7 Å². The van der Waals surface area contributed by atoms with E-state index in [1.807, 2.05) is 0 Å². The van der Waals surface area contributed by atoms with Gasteiger partial charge in [-0.1, -0.05) is 0 Å². The molecule has 0 radical (unpaired) electrons. The molecule has 4 rings (SSSR count). The van der Waals surface area contributed by atoms with Crippen molar-refractivity contribution in [2.45, 2.75) is 24.7 Å². The van der Waals surface area contributed by atoms with E-state index in [0.29, 0.717) is 17.4 Å². The molecule has 1 aromatic heterocycles. The Morgan fingerprint density at radius 1 is 1.29 bits per heavy atom. The molecule has 0 spiro atoms. The second-order valence-corrected chi connectivity index (χ2v) is 6.87. The standard InChI is InChI=1S/C17H18F3N5O2.ClH/c1-24-13-7-9(11-2-4-21-8-17(11,19)20)12(18)6-10(13)15(23-24)25-5-3-14(26)22-16(25)27;/h6-7,11,21H,2-5,8H2,1H3,(H,22,26,27);1H. The van der Waals surface area contributed by atoms with Gasteiger partial charge in [-0.3, -0.25) is 19.7 Å². The summed E-state index contributed by atoms with van der Waals surface area (Å²) in [6, 6.07) is 1.90. The molecule has 3 amide bonds. The number of halogens is 4. The Hall–Kier alpha value is -2.33. The molecule has 0 bridgehead atoms. The Morgan fingerprint density at radius 3 is 2.71 bits per heavy atom. The molecule has 2 fully saturated rings. The first-order chi connectivity index (χ1) is 12.8. The van der Waals surface area contributed by atoms with Gasteiger partial charge in [0, 0.05) is 25.4 Å². The minimum absolute atomic E-state index is 0. The minimum atomic E-state index is -3.05. The van der Waals surface area contributed by atoms with Gasteiger partial charge in [0.05, 0.1) is 18.0 Å². The normalized spacial score (nSPS) is 22.1. The molecule has 28 heavy (non-hydrogen) atoms. The third-order valence-electron chi connectivity index (χ3n) is 5.11. The number of amides is 3. The summed E-state index contributed by atoms with van der Waals surface area (Å²) in [6.45, 7) is 0.0105. The summed E-state index contributed by atoms with van der Waals surface area (Å²) in [6.07, 6.45) is 0.225. The highest BCUT2D eigenvalue weighted by atomic mass is 35.5. The van der Waals surface area contributed by atoms with Crippen molar-refractivity contribution < 1.29 is 22.8 Å².